The van der Waals surface area contributed by atoms with Crippen LogP contribution in [0.5, 0.6) is 0 Å². The number of carboxylic acid groups (broad SMARTS) is 1. The van der Waals surface area contributed by atoms with Crippen LogP contribution < -0.4 is 0 Å². The molecule has 0 spiro atoms. The van der Waals surface area contributed by atoms with Crippen LogP contribution in [0.4, 0.5) is 0 Å². The van der Waals surface area contributed by atoms with Crippen molar-refractivity contribution in [2.75, 3.05) is 13.6 Å². The van der Waals surface area contributed by atoms with Gasteiger partial charge in [-0.15, -0.1) is 11.3 Å². The smallest absolute Gasteiger partial charge is 0.345 e. The zero-order valence-corrected chi connectivity index (χ0v) is 10.6. The molecule has 1 heterocycles. The number of rotatable bonds is 5. The molecule has 0 amide bonds. The van der Waals surface area contributed by atoms with Crippen LogP contribution >= 0.6 is 11.3 Å². The predicted molar refractivity (Wildman–Crippen MR) is 66.3 cm³/mol. The largest absolute Gasteiger partial charge is 0.477 e. The number of aliphatic hydroxyl groups excluding tert-OH is 1. The molecule has 0 aromatic carbocycles. The van der Waals surface area contributed by atoms with Gasteiger partial charge in [-0.05, 0) is 37.9 Å². The molecule has 2 rings (SSSR count). The summed E-state index contributed by atoms with van der Waals surface area (Å²) < 4.78 is 0. The van der Waals surface area contributed by atoms with Crippen molar-refractivity contribution in [2.24, 2.45) is 5.92 Å². The number of aromatic carboxylic acids is 1. The summed E-state index contributed by atoms with van der Waals surface area (Å²) in [6, 6.07) is 3.53. The highest BCUT2D eigenvalue weighted by Crippen LogP contribution is 2.28. The second kappa shape index (κ2) is 5.16. The van der Waals surface area contributed by atoms with E-state index in [4.69, 9.17) is 5.11 Å². The molecule has 4 nitrogen and oxygen atoms in total. The summed E-state index contributed by atoms with van der Waals surface area (Å²) in [4.78, 5) is 14.4. The molecule has 0 bridgehead atoms. The minimum atomic E-state index is -0.856. The molecule has 0 atom stereocenters. The topological polar surface area (TPSA) is 60.8 Å². The number of hydrogen-bond donors (Lipinski definition) is 2. The number of carbonyl (C=O) groups is 1. The first kappa shape index (κ1) is 12.5. The molecule has 1 aromatic rings. The Hall–Kier alpha value is -0.910. The van der Waals surface area contributed by atoms with Crippen molar-refractivity contribution in [2.45, 2.75) is 25.5 Å². The van der Waals surface area contributed by atoms with Gasteiger partial charge in [0.1, 0.15) is 4.88 Å². The van der Waals surface area contributed by atoms with Crippen molar-refractivity contribution < 1.29 is 15.0 Å². The monoisotopic (exact) mass is 255 g/mol. The Kier molecular flexibility index (Phi) is 3.81. The molecular weight excluding hydrogens is 238 g/mol. The van der Waals surface area contributed by atoms with Gasteiger partial charge < -0.3 is 15.1 Å². The summed E-state index contributed by atoms with van der Waals surface area (Å²) in [6.45, 7) is 1.75. The Balaban J connectivity index is 1.81. The fourth-order valence-corrected chi connectivity index (χ4v) is 3.13. The van der Waals surface area contributed by atoms with Crippen molar-refractivity contribution in [3.05, 3.63) is 21.9 Å². The van der Waals surface area contributed by atoms with Gasteiger partial charge in [0, 0.05) is 18.0 Å². The standard InChI is InChI=1S/C12H17NO3S/c1-13(6-8-4-9(14)5-8)7-10-2-3-11(17-10)12(15)16/h2-3,8-9,14H,4-7H2,1H3,(H,15,16). The maximum Gasteiger partial charge on any atom is 0.345 e. The van der Waals surface area contributed by atoms with E-state index in [0.717, 1.165) is 30.8 Å². The first-order valence-electron chi connectivity index (χ1n) is 5.73. The minimum Gasteiger partial charge on any atom is -0.477 e. The van der Waals surface area contributed by atoms with Crippen LogP contribution in [0.2, 0.25) is 0 Å². The van der Waals surface area contributed by atoms with Gasteiger partial charge in [0.25, 0.3) is 0 Å². The van der Waals surface area contributed by atoms with E-state index in [1.165, 1.54) is 11.3 Å². The molecule has 1 aliphatic carbocycles. The number of hydrogen-bond acceptors (Lipinski definition) is 4. The molecular formula is C12H17NO3S. The van der Waals surface area contributed by atoms with Crippen molar-refractivity contribution in [1.82, 2.24) is 4.90 Å². The van der Waals surface area contributed by atoms with Crippen LogP contribution in [0.25, 0.3) is 0 Å². The Labute approximate surface area is 104 Å². The van der Waals surface area contributed by atoms with Crippen LogP contribution in [0.1, 0.15) is 27.4 Å². The van der Waals surface area contributed by atoms with Crippen molar-refractivity contribution in [3.8, 4) is 0 Å². The quantitative estimate of drug-likeness (QED) is 0.840. The van der Waals surface area contributed by atoms with Gasteiger partial charge in [0.05, 0.1) is 6.10 Å². The Bertz CT molecular complexity index is 398. The third-order valence-electron chi connectivity index (χ3n) is 3.08. The fraction of sp³-hybridized carbons (Fsp3) is 0.583. The van der Waals surface area contributed by atoms with Crippen LogP contribution in [-0.4, -0.2) is 40.8 Å². The summed E-state index contributed by atoms with van der Waals surface area (Å²) in [5, 5.41) is 18.0. The summed E-state index contributed by atoms with van der Waals surface area (Å²) in [7, 11) is 2.03. The SMILES string of the molecule is CN(Cc1ccc(C(=O)O)s1)CC1CC(O)C1. The molecule has 1 aliphatic rings. The van der Waals surface area contributed by atoms with E-state index >= 15 is 0 Å². The second-order valence-corrected chi connectivity index (χ2v) is 5.93. The number of thiophene rings is 1. The molecule has 1 aromatic heterocycles. The van der Waals surface area contributed by atoms with E-state index < -0.39 is 5.97 Å². The number of nitrogens with zero attached hydrogens (tertiary/aromatic N) is 1. The maximum absolute atomic E-state index is 10.7. The maximum atomic E-state index is 10.7. The van der Waals surface area contributed by atoms with Gasteiger partial charge >= 0.3 is 5.97 Å². The van der Waals surface area contributed by atoms with E-state index in [-0.39, 0.29) is 6.10 Å². The molecule has 2 N–H and O–H groups in total. The van der Waals surface area contributed by atoms with Gasteiger partial charge in [-0.25, -0.2) is 4.79 Å². The van der Waals surface area contributed by atoms with E-state index in [1.54, 1.807) is 6.07 Å². The highest BCUT2D eigenvalue weighted by Gasteiger charge is 2.27. The van der Waals surface area contributed by atoms with Crippen molar-refractivity contribution >= 4 is 17.3 Å². The first-order valence-corrected chi connectivity index (χ1v) is 6.55. The van der Waals surface area contributed by atoms with E-state index in [0.29, 0.717) is 10.8 Å². The third kappa shape index (κ3) is 3.28. The molecule has 1 saturated carbocycles. The Morgan fingerprint density at radius 3 is 2.76 bits per heavy atom. The summed E-state index contributed by atoms with van der Waals surface area (Å²) in [5.74, 6) is -0.264. The summed E-state index contributed by atoms with van der Waals surface area (Å²) in [6.07, 6.45) is 1.69. The Morgan fingerprint density at radius 1 is 1.53 bits per heavy atom. The molecule has 0 aliphatic heterocycles. The number of carboxylic acids is 1. The number of aliphatic hydroxyl groups is 1. The average Bonchev–Trinajstić information content (AvgIpc) is 2.63. The lowest BCUT2D eigenvalue weighted by atomic mass is 9.82. The lowest BCUT2D eigenvalue weighted by Crippen LogP contribution is -2.36. The highest BCUT2D eigenvalue weighted by atomic mass is 32.1. The van der Waals surface area contributed by atoms with Crippen LogP contribution in [0.15, 0.2) is 12.1 Å². The molecule has 94 valence electrons. The lowest BCUT2D eigenvalue weighted by Gasteiger charge is -2.34. The van der Waals surface area contributed by atoms with Crippen LogP contribution in [0, 0.1) is 5.92 Å². The summed E-state index contributed by atoms with van der Waals surface area (Å²) >= 11 is 1.33. The summed E-state index contributed by atoms with van der Waals surface area (Å²) in [5.41, 5.74) is 0. The van der Waals surface area contributed by atoms with Gasteiger partial charge in [0.15, 0.2) is 0 Å². The van der Waals surface area contributed by atoms with Gasteiger partial charge in [-0.2, -0.15) is 0 Å². The molecule has 0 unspecified atom stereocenters. The lowest BCUT2D eigenvalue weighted by molar-refractivity contribution is 0.0275. The normalized spacial score (nSPS) is 23.7. The molecule has 5 heteroatoms. The zero-order valence-electron chi connectivity index (χ0n) is 9.80. The van der Waals surface area contributed by atoms with Crippen LogP contribution in [-0.2, 0) is 6.54 Å². The minimum absolute atomic E-state index is 0.103. The van der Waals surface area contributed by atoms with Crippen LogP contribution in [0.3, 0.4) is 0 Å². The predicted octanol–water partition coefficient (Wildman–Crippen LogP) is 1.65. The first-order chi connectivity index (χ1) is 8.04. The van der Waals surface area contributed by atoms with E-state index in [2.05, 4.69) is 4.90 Å². The molecule has 17 heavy (non-hydrogen) atoms. The molecule has 1 fully saturated rings. The average molecular weight is 255 g/mol. The second-order valence-electron chi connectivity index (χ2n) is 4.76. The van der Waals surface area contributed by atoms with Gasteiger partial charge in [-0.3, -0.25) is 0 Å². The molecule has 0 saturated heterocycles. The fourth-order valence-electron chi connectivity index (χ4n) is 2.20. The zero-order chi connectivity index (χ0) is 12.4. The molecule has 0 radical (unpaired) electrons. The van der Waals surface area contributed by atoms with Gasteiger partial charge in [-0.1, -0.05) is 0 Å². The third-order valence-corrected chi connectivity index (χ3v) is 4.14. The van der Waals surface area contributed by atoms with E-state index in [9.17, 15) is 9.90 Å². The highest BCUT2D eigenvalue weighted by molar-refractivity contribution is 7.13. The van der Waals surface area contributed by atoms with E-state index in [1.807, 2.05) is 13.1 Å². The van der Waals surface area contributed by atoms with Crippen molar-refractivity contribution in [3.63, 3.8) is 0 Å². The van der Waals surface area contributed by atoms with Crippen molar-refractivity contribution in [1.29, 1.82) is 0 Å². The van der Waals surface area contributed by atoms with Gasteiger partial charge in [0.2, 0.25) is 0 Å². The Morgan fingerprint density at radius 2 is 2.24 bits per heavy atom.